The number of unbranched alkanes of at least 4 members (excludes halogenated alkanes) is 3. The Labute approximate surface area is 194 Å². The molecule has 0 spiro atoms. The summed E-state index contributed by atoms with van der Waals surface area (Å²) < 4.78 is 5.87. The van der Waals surface area contributed by atoms with Gasteiger partial charge in [-0.1, -0.05) is 74.4 Å². The number of rotatable bonds is 13. The van der Waals surface area contributed by atoms with Crippen LogP contribution in [0.15, 0.2) is 73.3 Å². The van der Waals surface area contributed by atoms with Crippen molar-refractivity contribution in [3.63, 3.8) is 0 Å². The normalized spacial score (nSPS) is 12.4. The topological polar surface area (TPSA) is 22.1 Å². The Balaban J connectivity index is 1.49. The second kappa shape index (κ2) is 13.0. The largest absolute Gasteiger partial charge is 0.379 e. The van der Waals surface area contributed by atoms with Gasteiger partial charge in [0.05, 0.1) is 17.3 Å². The van der Waals surface area contributed by atoms with E-state index in [4.69, 9.17) is 9.72 Å². The van der Waals surface area contributed by atoms with E-state index in [2.05, 4.69) is 87.2 Å². The van der Waals surface area contributed by atoms with Crippen molar-refractivity contribution in [3.05, 3.63) is 84.5 Å². The molecule has 2 heteroatoms. The summed E-state index contributed by atoms with van der Waals surface area (Å²) in [5.41, 5.74) is 5.69. The summed E-state index contributed by atoms with van der Waals surface area (Å²) in [4.78, 5) is 4.86. The van der Waals surface area contributed by atoms with E-state index in [9.17, 15) is 0 Å². The van der Waals surface area contributed by atoms with Gasteiger partial charge in [-0.25, -0.2) is 4.98 Å². The van der Waals surface area contributed by atoms with Crippen molar-refractivity contribution in [1.29, 1.82) is 0 Å². The molecular weight excluding hydrogens is 390 g/mol. The van der Waals surface area contributed by atoms with Crippen LogP contribution in [-0.2, 0) is 11.2 Å². The summed E-state index contributed by atoms with van der Waals surface area (Å²) in [6.07, 6.45) is 14.7. The molecule has 0 fully saturated rings. The molecule has 1 atom stereocenters. The first-order valence-corrected chi connectivity index (χ1v) is 12.1. The number of nitrogens with zero attached hydrogens (tertiary/aromatic N) is 1. The van der Waals surface area contributed by atoms with E-state index >= 15 is 0 Å². The van der Waals surface area contributed by atoms with E-state index < -0.39 is 0 Å². The third-order valence-corrected chi connectivity index (χ3v) is 5.78. The van der Waals surface area contributed by atoms with E-state index in [-0.39, 0.29) is 0 Å². The molecule has 0 amide bonds. The van der Waals surface area contributed by atoms with Crippen molar-refractivity contribution in [2.45, 2.75) is 64.9 Å². The number of pyridine rings is 1. The lowest BCUT2D eigenvalue weighted by Crippen LogP contribution is -2.08. The monoisotopic (exact) mass is 427 g/mol. The second-order valence-corrected chi connectivity index (χ2v) is 8.56. The standard InChI is InChI=1S/C30H37NO/c1-4-6-10-22-32-24(3)12-8-7-9-13-25-14-17-27(18-15-25)29-21-19-28-23-26(11-5-2)16-20-30(28)31-29/h5,9,13-21,23-24H,2,4,6-8,10-12,22H2,1,3H3. The maximum atomic E-state index is 5.87. The minimum absolute atomic E-state index is 0.363. The number of benzene rings is 2. The highest BCUT2D eigenvalue weighted by atomic mass is 16.5. The fourth-order valence-electron chi connectivity index (χ4n) is 3.86. The highest BCUT2D eigenvalue weighted by Gasteiger charge is 2.03. The first kappa shape index (κ1) is 23.9. The molecule has 168 valence electrons. The molecule has 0 saturated carbocycles. The SMILES string of the molecule is C=CCc1ccc2nc(-c3ccc(C=CCCCC(C)OCCCCC)cc3)ccc2c1. The molecule has 0 aliphatic rings. The van der Waals surface area contributed by atoms with Crippen LogP contribution in [0.25, 0.3) is 28.2 Å². The van der Waals surface area contributed by atoms with Crippen molar-refractivity contribution in [1.82, 2.24) is 4.98 Å². The van der Waals surface area contributed by atoms with Crippen molar-refractivity contribution in [2.24, 2.45) is 0 Å². The van der Waals surface area contributed by atoms with Gasteiger partial charge in [0, 0.05) is 17.6 Å². The Morgan fingerprint density at radius 3 is 2.62 bits per heavy atom. The molecule has 0 bridgehead atoms. The maximum absolute atomic E-state index is 5.87. The molecule has 1 heterocycles. The average Bonchev–Trinajstić information content (AvgIpc) is 2.82. The quantitative estimate of drug-likeness (QED) is 0.202. The lowest BCUT2D eigenvalue weighted by Gasteiger charge is -2.12. The number of hydrogen-bond acceptors (Lipinski definition) is 2. The van der Waals surface area contributed by atoms with Crippen molar-refractivity contribution >= 4 is 17.0 Å². The minimum atomic E-state index is 0.363. The fourth-order valence-corrected chi connectivity index (χ4v) is 3.86. The van der Waals surface area contributed by atoms with Gasteiger partial charge >= 0.3 is 0 Å². The van der Waals surface area contributed by atoms with Gasteiger partial charge in [0.2, 0.25) is 0 Å². The van der Waals surface area contributed by atoms with Crippen LogP contribution in [0.3, 0.4) is 0 Å². The summed E-state index contributed by atoms with van der Waals surface area (Å²) in [5.74, 6) is 0. The zero-order valence-corrected chi connectivity index (χ0v) is 19.7. The molecule has 1 aromatic heterocycles. The van der Waals surface area contributed by atoms with Crippen LogP contribution in [0.4, 0.5) is 0 Å². The highest BCUT2D eigenvalue weighted by molar-refractivity contribution is 5.82. The summed E-state index contributed by atoms with van der Waals surface area (Å²) >= 11 is 0. The highest BCUT2D eigenvalue weighted by Crippen LogP contribution is 2.23. The van der Waals surface area contributed by atoms with Crippen LogP contribution in [-0.4, -0.2) is 17.7 Å². The van der Waals surface area contributed by atoms with Gasteiger partial charge in [-0.05, 0) is 68.4 Å². The van der Waals surface area contributed by atoms with Crippen LogP contribution in [0, 0.1) is 0 Å². The number of fused-ring (bicyclic) bond motifs is 1. The van der Waals surface area contributed by atoms with Gasteiger partial charge < -0.3 is 4.74 Å². The van der Waals surface area contributed by atoms with Crippen molar-refractivity contribution in [3.8, 4) is 11.3 Å². The van der Waals surface area contributed by atoms with Crippen molar-refractivity contribution < 1.29 is 4.74 Å². The molecule has 3 aromatic rings. The third-order valence-electron chi connectivity index (χ3n) is 5.78. The van der Waals surface area contributed by atoms with E-state index in [0.29, 0.717) is 6.10 Å². The first-order valence-electron chi connectivity index (χ1n) is 12.1. The fraction of sp³-hybridized carbons (Fsp3) is 0.367. The van der Waals surface area contributed by atoms with E-state index in [1.165, 1.54) is 42.2 Å². The lowest BCUT2D eigenvalue weighted by atomic mass is 10.0. The number of aromatic nitrogens is 1. The molecule has 0 aliphatic heterocycles. The minimum Gasteiger partial charge on any atom is -0.379 e. The summed E-state index contributed by atoms with van der Waals surface area (Å²) in [7, 11) is 0. The zero-order valence-electron chi connectivity index (χ0n) is 19.7. The van der Waals surface area contributed by atoms with Gasteiger partial charge in [0.15, 0.2) is 0 Å². The zero-order chi connectivity index (χ0) is 22.6. The Kier molecular flexibility index (Phi) is 9.71. The Hall–Kier alpha value is -2.71. The predicted octanol–water partition coefficient (Wildman–Crippen LogP) is 8.41. The molecule has 32 heavy (non-hydrogen) atoms. The molecule has 3 rings (SSSR count). The molecule has 2 aromatic carbocycles. The van der Waals surface area contributed by atoms with Gasteiger partial charge in [0.25, 0.3) is 0 Å². The van der Waals surface area contributed by atoms with E-state index in [1.54, 1.807) is 0 Å². The molecule has 0 saturated heterocycles. The second-order valence-electron chi connectivity index (χ2n) is 8.56. The van der Waals surface area contributed by atoms with E-state index in [1.807, 2.05) is 6.08 Å². The summed E-state index contributed by atoms with van der Waals surface area (Å²) in [5, 5.41) is 1.17. The first-order chi connectivity index (χ1) is 15.7. The molecule has 0 radical (unpaired) electrons. The predicted molar refractivity (Wildman–Crippen MR) is 139 cm³/mol. The molecule has 1 unspecified atom stereocenters. The van der Waals surface area contributed by atoms with Crippen LogP contribution in [0.1, 0.15) is 63.5 Å². The summed E-state index contributed by atoms with van der Waals surface area (Å²) in [6.45, 7) is 9.14. The third kappa shape index (κ3) is 7.46. The molecule has 0 aliphatic carbocycles. The van der Waals surface area contributed by atoms with Gasteiger partial charge in [-0.2, -0.15) is 0 Å². The number of allylic oxidation sites excluding steroid dienone is 2. The van der Waals surface area contributed by atoms with Crippen molar-refractivity contribution in [2.75, 3.05) is 6.61 Å². The van der Waals surface area contributed by atoms with Crippen LogP contribution in [0.5, 0.6) is 0 Å². The van der Waals surface area contributed by atoms with Gasteiger partial charge in [0.1, 0.15) is 0 Å². The smallest absolute Gasteiger partial charge is 0.0709 e. The van der Waals surface area contributed by atoms with Gasteiger partial charge in [-0.3, -0.25) is 0 Å². The molecule has 0 N–H and O–H groups in total. The molecule has 2 nitrogen and oxygen atoms in total. The van der Waals surface area contributed by atoms with Gasteiger partial charge in [-0.15, -0.1) is 6.58 Å². The van der Waals surface area contributed by atoms with Crippen LogP contribution >= 0.6 is 0 Å². The van der Waals surface area contributed by atoms with Crippen LogP contribution in [0.2, 0.25) is 0 Å². The van der Waals surface area contributed by atoms with E-state index in [0.717, 1.165) is 42.6 Å². The number of hydrogen-bond donors (Lipinski definition) is 0. The molecular formula is C30H37NO. The Morgan fingerprint density at radius 1 is 1.00 bits per heavy atom. The Morgan fingerprint density at radius 2 is 1.84 bits per heavy atom. The van der Waals surface area contributed by atoms with Crippen LogP contribution < -0.4 is 0 Å². The average molecular weight is 428 g/mol. The number of ether oxygens (including phenoxy) is 1. The maximum Gasteiger partial charge on any atom is 0.0709 e. The lowest BCUT2D eigenvalue weighted by molar-refractivity contribution is 0.0566. The summed E-state index contributed by atoms with van der Waals surface area (Å²) in [6, 6.07) is 19.4. The Bertz CT molecular complexity index is 1000.